The van der Waals surface area contributed by atoms with Crippen LogP contribution in [0.3, 0.4) is 0 Å². The average molecular weight is 209 g/mol. The molecule has 1 N–H and O–H groups in total. The summed E-state index contributed by atoms with van der Waals surface area (Å²) in [6, 6.07) is 0.656. The SMILES string of the molecule is CCCCC(NC)C1=CCCCCCC1. The number of unbranched alkanes of at least 4 members (excludes halogenated alkanes) is 1. The summed E-state index contributed by atoms with van der Waals surface area (Å²) < 4.78 is 0. The quantitative estimate of drug-likeness (QED) is 0.674. The van der Waals surface area contributed by atoms with Crippen LogP contribution in [0, 0.1) is 0 Å². The van der Waals surface area contributed by atoms with Crippen molar-refractivity contribution in [3.8, 4) is 0 Å². The van der Waals surface area contributed by atoms with Gasteiger partial charge >= 0.3 is 0 Å². The molecule has 0 bridgehead atoms. The molecule has 0 amide bonds. The Bertz CT molecular complexity index is 184. The largest absolute Gasteiger partial charge is 0.313 e. The second kappa shape index (κ2) is 7.92. The van der Waals surface area contributed by atoms with Gasteiger partial charge in [0.1, 0.15) is 0 Å². The van der Waals surface area contributed by atoms with E-state index in [-0.39, 0.29) is 0 Å². The zero-order valence-corrected chi connectivity index (χ0v) is 10.5. The van der Waals surface area contributed by atoms with Gasteiger partial charge in [0.05, 0.1) is 0 Å². The number of nitrogens with one attached hydrogen (secondary N) is 1. The molecule has 0 saturated heterocycles. The van der Waals surface area contributed by atoms with Crippen LogP contribution in [0.4, 0.5) is 0 Å². The van der Waals surface area contributed by atoms with Crippen LogP contribution in [0.1, 0.15) is 64.7 Å². The topological polar surface area (TPSA) is 12.0 Å². The maximum absolute atomic E-state index is 3.49. The summed E-state index contributed by atoms with van der Waals surface area (Å²) in [5.41, 5.74) is 1.69. The third-order valence-electron chi connectivity index (χ3n) is 3.47. The Balaban J connectivity index is 2.47. The predicted octanol–water partition coefficient (Wildman–Crippen LogP) is 4.05. The standard InChI is InChI=1S/C14H27N/c1-3-4-12-14(15-2)13-10-8-6-5-7-9-11-13/h10,14-15H,3-9,11-12H2,1-2H3. The molecule has 0 aliphatic heterocycles. The Labute approximate surface area is 95.3 Å². The van der Waals surface area contributed by atoms with Gasteiger partial charge in [-0.2, -0.15) is 0 Å². The van der Waals surface area contributed by atoms with Gasteiger partial charge in [0.2, 0.25) is 0 Å². The highest BCUT2D eigenvalue weighted by Gasteiger charge is 2.12. The van der Waals surface area contributed by atoms with E-state index < -0.39 is 0 Å². The van der Waals surface area contributed by atoms with Crippen molar-refractivity contribution in [2.24, 2.45) is 0 Å². The maximum atomic E-state index is 3.49. The molecule has 0 spiro atoms. The van der Waals surface area contributed by atoms with Gasteiger partial charge in [-0.05, 0) is 39.2 Å². The second-order valence-electron chi connectivity index (χ2n) is 4.72. The first-order valence-corrected chi connectivity index (χ1v) is 6.74. The van der Waals surface area contributed by atoms with Crippen LogP contribution in [0.5, 0.6) is 0 Å². The summed E-state index contributed by atoms with van der Waals surface area (Å²) in [7, 11) is 2.11. The van der Waals surface area contributed by atoms with Crippen molar-refractivity contribution in [2.45, 2.75) is 70.8 Å². The van der Waals surface area contributed by atoms with E-state index in [1.807, 2.05) is 0 Å². The number of rotatable bonds is 5. The predicted molar refractivity (Wildman–Crippen MR) is 68.2 cm³/mol. The van der Waals surface area contributed by atoms with Gasteiger partial charge in [0, 0.05) is 6.04 Å². The molecule has 1 rings (SSSR count). The van der Waals surface area contributed by atoms with Crippen LogP contribution < -0.4 is 5.32 Å². The molecule has 0 saturated carbocycles. The fourth-order valence-electron chi connectivity index (χ4n) is 2.46. The highest BCUT2D eigenvalue weighted by Crippen LogP contribution is 2.21. The van der Waals surface area contributed by atoms with Crippen molar-refractivity contribution in [2.75, 3.05) is 7.05 Å². The highest BCUT2D eigenvalue weighted by molar-refractivity contribution is 5.11. The summed E-state index contributed by atoms with van der Waals surface area (Å²) in [5, 5.41) is 3.49. The van der Waals surface area contributed by atoms with Gasteiger partial charge in [0.15, 0.2) is 0 Å². The molecular weight excluding hydrogens is 182 g/mol. The molecule has 88 valence electrons. The Morgan fingerprint density at radius 3 is 2.80 bits per heavy atom. The summed E-state index contributed by atoms with van der Waals surface area (Å²) in [4.78, 5) is 0. The Hall–Kier alpha value is -0.300. The first kappa shape index (κ1) is 12.8. The summed E-state index contributed by atoms with van der Waals surface area (Å²) in [5.74, 6) is 0. The molecule has 15 heavy (non-hydrogen) atoms. The maximum Gasteiger partial charge on any atom is 0.0276 e. The second-order valence-corrected chi connectivity index (χ2v) is 4.72. The Morgan fingerprint density at radius 1 is 1.27 bits per heavy atom. The van der Waals surface area contributed by atoms with E-state index in [1.165, 1.54) is 57.8 Å². The third kappa shape index (κ3) is 4.83. The molecule has 0 aromatic rings. The monoisotopic (exact) mass is 209 g/mol. The van der Waals surface area contributed by atoms with E-state index in [4.69, 9.17) is 0 Å². The summed E-state index contributed by atoms with van der Waals surface area (Å²) in [6.07, 6.45) is 14.8. The first-order valence-electron chi connectivity index (χ1n) is 6.74. The van der Waals surface area contributed by atoms with Crippen molar-refractivity contribution in [3.05, 3.63) is 11.6 Å². The van der Waals surface area contributed by atoms with E-state index in [0.29, 0.717) is 6.04 Å². The van der Waals surface area contributed by atoms with Crippen molar-refractivity contribution in [3.63, 3.8) is 0 Å². The minimum Gasteiger partial charge on any atom is -0.313 e. The first-order chi connectivity index (χ1) is 7.38. The van der Waals surface area contributed by atoms with Crippen molar-refractivity contribution >= 4 is 0 Å². The number of hydrogen-bond donors (Lipinski definition) is 1. The lowest BCUT2D eigenvalue weighted by molar-refractivity contribution is 0.518. The molecule has 0 radical (unpaired) electrons. The molecule has 0 aromatic carbocycles. The van der Waals surface area contributed by atoms with Crippen LogP contribution in [0.15, 0.2) is 11.6 Å². The average Bonchev–Trinajstić information content (AvgIpc) is 2.21. The smallest absolute Gasteiger partial charge is 0.0276 e. The van der Waals surface area contributed by atoms with Gasteiger partial charge in [0.25, 0.3) is 0 Å². The van der Waals surface area contributed by atoms with E-state index in [0.717, 1.165) is 0 Å². The van der Waals surface area contributed by atoms with Gasteiger partial charge < -0.3 is 5.32 Å². The molecule has 1 nitrogen and oxygen atoms in total. The molecule has 1 aliphatic carbocycles. The van der Waals surface area contributed by atoms with Crippen LogP contribution >= 0.6 is 0 Å². The highest BCUT2D eigenvalue weighted by atomic mass is 14.9. The zero-order chi connectivity index (χ0) is 10.9. The van der Waals surface area contributed by atoms with Gasteiger partial charge in [-0.3, -0.25) is 0 Å². The molecule has 0 aromatic heterocycles. The fraction of sp³-hybridized carbons (Fsp3) is 0.857. The Kier molecular flexibility index (Phi) is 6.74. The van der Waals surface area contributed by atoms with E-state index in [2.05, 4.69) is 25.4 Å². The van der Waals surface area contributed by atoms with Crippen molar-refractivity contribution in [1.82, 2.24) is 5.32 Å². The van der Waals surface area contributed by atoms with Crippen LogP contribution in [0.2, 0.25) is 0 Å². The number of likely N-dealkylation sites (N-methyl/N-ethyl adjacent to an activating group) is 1. The van der Waals surface area contributed by atoms with Gasteiger partial charge in [-0.1, -0.05) is 44.3 Å². The lowest BCUT2D eigenvalue weighted by atomic mass is 9.92. The number of allylic oxidation sites excluding steroid dienone is 1. The summed E-state index contributed by atoms with van der Waals surface area (Å²) >= 11 is 0. The fourth-order valence-corrected chi connectivity index (χ4v) is 2.46. The minimum absolute atomic E-state index is 0.656. The van der Waals surface area contributed by atoms with Gasteiger partial charge in [-0.15, -0.1) is 0 Å². The molecule has 0 fully saturated rings. The minimum atomic E-state index is 0.656. The lowest BCUT2D eigenvalue weighted by Gasteiger charge is -2.21. The van der Waals surface area contributed by atoms with E-state index in [1.54, 1.807) is 5.57 Å². The van der Waals surface area contributed by atoms with E-state index in [9.17, 15) is 0 Å². The van der Waals surface area contributed by atoms with E-state index >= 15 is 0 Å². The van der Waals surface area contributed by atoms with Gasteiger partial charge in [-0.25, -0.2) is 0 Å². The van der Waals surface area contributed by atoms with Crippen molar-refractivity contribution < 1.29 is 0 Å². The molecule has 1 heteroatoms. The molecule has 1 aliphatic rings. The molecule has 1 atom stereocenters. The zero-order valence-electron chi connectivity index (χ0n) is 10.5. The molecular formula is C14H27N. The van der Waals surface area contributed by atoms with Crippen molar-refractivity contribution in [1.29, 1.82) is 0 Å². The molecule has 0 heterocycles. The summed E-state index contributed by atoms with van der Waals surface area (Å²) in [6.45, 7) is 2.28. The third-order valence-corrected chi connectivity index (χ3v) is 3.47. The van der Waals surface area contributed by atoms with Crippen LogP contribution in [0.25, 0.3) is 0 Å². The number of hydrogen-bond acceptors (Lipinski definition) is 1. The lowest BCUT2D eigenvalue weighted by Crippen LogP contribution is -2.27. The Morgan fingerprint density at radius 2 is 2.07 bits per heavy atom. The van der Waals surface area contributed by atoms with Crippen LogP contribution in [-0.2, 0) is 0 Å². The van der Waals surface area contributed by atoms with Crippen LogP contribution in [-0.4, -0.2) is 13.1 Å². The molecule has 1 unspecified atom stereocenters. The normalized spacial score (nSPS) is 20.3.